The van der Waals surface area contributed by atoms with E-state index in [1.807, 2.05) is 0 Å². The minimum atomic E-state index is -4.54. The maximum absolute atomic E-state index is 13.6. The molecule has 21 heavy (non-hydrogen) atoms. The Morgan fingerprint density at radius 1 is 1.10 bits per heavy atom. The molecule has 7 heteroatoms. The highest BCUT2D eigenvalue weighted by Crippen LogP contribution is 2.36. The number of halogens is 6. The van der Waals surface area contributed by atoms with Gasteiger partial charge in [0.25, 0.3) is 0 Å². The smallest absolute Gasteiger partial charge is 0.380 e. The van der Waals surface area contributed by atoms with Gasteiger partial charge in [0.1, 0.15) is 5.82 Å². The van der Waals surface area contributed by atoms with E-state index in [1.54, 1.807) is 6.07 Å². The van der Waals surface area contributed by atoms with Gasteiger partial charge in [0.05, 0.1) is 5.56 Å². The largest absolute Gasteiger partial charge is 0.418 e. The fourth-order valence-corrected chi connectivity index (χ4v) is 2.27. The van der Waals surface area contributed by atoms with E-state index in [1.165, 1.54) is 24.3 Å². The molecule has 0 bridgehead atoms. The molecular formula is C14H9BrClF4N. The maximum Gasteiger partial charge on any atom is 0.418 e. The van der Waals surface area contributed by atoms with Gasteiger partial charge in [-0.1, -0.05) is 33.6 Å². The predicted molar refractivity (Wildman–Crippen MR) is 77.9 cm³/mol. The van der Waals surface area contributed by atoms with Crippen molar-refractivity contribution in [3.63, 3.8) is 0 Å². The first kappa shape index (κ1) is 16.1. The Morgan fingerprint density at radius 2 is 1.81 bits per heavy atom. The summed E-state index contributed by atoms with van der Waals surface area (Å²) < 4.78 is 52.9. The molecule has 0 aromatic heterocycles. The molecule has 0 saturated carbocycles. The number of hydrogen-bond acceptors (Lipinski definition) is 1. The third-order valence-corrected chi connectivity index (χ3v) is 3.50. The molecule has 0 fully saturated rings. The molecule has 1 nitrogen and oxygen atoms in total. The van der Waals surface area contributed by atoms with Crippen LogP contribution < -0.4 is 5.32 Å². The highest BCUT2D eigenvalue weighted by molar-refractivity contribution is 9.10. The third kappa shape index (κ3) is 4.11. The van der Waals surface area contributed by atoms with E-state index in [4.69, 9.17) is 11.6 Å². The van der Waals surface area contributed by atoms with Crippen LogP contribution >= 0.6 is 27.5 Å². The van der Waals surface area contributed by atoms with Crippen LogP contribution in [0.1, 0.15) is 11.1 Å². The van der Waals surface area contributed by atoms with E-state index in [9.17, 15) is 17.6 Å². The maximum atomic E-state index is 13.6. The quantitative estimate of drug-likeness (QED) is 0.654. The standard InChI is InChI=1S/C14H9BrClF4N/c15-9-2-1-8(12(17)5-9)7-21-13-4-3-10(16)6-11(13)14(18,19)20/h1-6,21H,7H2. The Bertz CT molecular complexity index is 658. The highest BCUT2D eigenvalue weighted by atomic mass is 79.9. The molecule has 0 aliphatic carbocycles. The summed E-state index contributed by atoms with van der Waals surface area (Å²) >= 11 is 8.70. The second-order valence-electron chi connectivity index (χ2n) is 4.28. The van der Waals surface area contributed by atoms with E-state index in [-0.39, 0.29) is 22.8 Å². The topological polar surface area (TPSA) is 12.0 Å². The predicted octanol–water partition coefficient (Wildman–Crippen LogP) is 5.87. The minimum Gasteiger partial charge on any atom is -0.380 e. The van der Waals surface area contributed by atoms with Crippen LogP contribution in [0, 0.1) is 5.82 Å². The molecule has 2 rings (SSSR count). The number of anilines is 1. The van der Waals surface area contributed by atoms with E-state index in [2.05, 4.69) is 21.2 Å². The molecule has 0 aliphatic heterocycles. The summed E-state index contributed by atoms with van der Waals surface area (Å²) in [5, 5.41) is 2.58. The van der Waals surface area contributed by atoms with Gasteiger partial charge >= 0.3 is 6.18 Å². The first-order valence-electron chi connectivity index (χ1n) is 5.82. The van der Waals surface area contributed by atoms with Gasteiger partial charge in [-0.3, -0.25) is 0 Å². The van der Waals surface area contributed by atoms with Gasteiger partial charge < -0.3 is 5.32 Å². The zero-order chi connectivity index (χ0) is 15.6. The van der Waals surface area contributed by atoms with Gasteiger partial charge in [-0.05, 0) is 30.3 Å². The van der Waals surface area contributed by atoms with Crippen molar-refractivity contribution in [1.82, 2.24) is 0 Å². The summed E-state index contributed by atoms with van der Waals surface area (Å²) in [6.07, 6.45) is -4.54. The fraction of sp³-hybridized carbons (Fsp3) is 0.143. The summed E-state index contributed by atoms with van der Waals surface area (Å²) in [7, 11) is 0. The van der Waals surface area contributed by atoms with Gasteiger partial charge in [-0.25, -0.2) is 4.39 Å². The average molecular weight is 383 g/mol. The lowest BCUT2D eigenvalue weighted by molar-refractivity contribution is -0.136. The molecule has 0 spiro atoms. The monoisotopic (exact) mass is 381 g/mol. The van der Waals surface area contributed by atoms with E-state index in [0.717, 1.165) is 6.07 Å². The summed E-state index contributed by atoms with van der Waals surface area (Å²) in [6, 6.07) is 7.77. The molecule has 2 aromatic rings. The normalized spacial score (nSPS) is 11.5. The van der Waals surface area contributed by atoms with Gasteiger partial charge in [0.2, 0.25) is 0 Å². The summed E-state index contributed by atoms with van der Waals surface area (Å²) in [4.78, 5) is 0. The Labute approximate surface area is 132 Å². The summed E-state index contributed by atoms with van der Waals surface area (Å²) in [6.45, 7) is -0.0656. The number of nitrogens with one attached hydrogen (secondary N) is 1. The zero-order valence-electron chi connectivity index (χ0n) is 10.4. The Morgan fingerprint density at radius 3 is 2.43 bits per heavy atom. The van der Waals surface area contributed by atoms with Crippen LogP contribution in [0.15, 0.2) is 40.9 Å². The Hall–Kier alpha value is -1.27. The van der Waals surface area contributed by atoms with Crippen molar-refractivity contribution < 1.29 is 17.6 Å². The van der Waals surface area contributed by atoms with Crippen molar-refractivity contribution in [2.24, 2.45) is 0 Å². The summed E-state index contributed by atoms with van der Waals surface area (Å²) in [5.41, 5.74) is -0.761. The van der Waals surface area contributed by atoms with Crippen molar-refractivity contribution in [1.29, 1.82) is 0 Å². The first-order valence-corrected chi connectivity index (χ1v) is 6.99. The van der Waals surface area contributed by atoms with Gasteiger partial charge in [0, 0.05) is 27.3 Å². The van der Waals surface area contributed by atoms with E-state index in [0.29, 0.717) is 4.47 Å². The van der Waals surface area contributed by atoms with Crippen molar-refractivity contribution in [3.05, 3.63) is 62.8 Å². The Balaban J connectivity index is 2.24. The van der Waals surface area contributed by atoms with E-state index < -0.39 is 17.6 Å². The third-order valence-electron chi connectivity index (χ3n) is 2.77. The number of benzene rings is 2. The molecule has 1 N–H and O–H groups in total. The molecule has 112 valence electrons. The Kier molecular flexibility index (Phi) is 4.78. The van der Waals surface area contributed by atoms with Crippen molar-refractivity contribution in [2.75, 3.05) is 5.32 Å². The van der Waals surface area contributed by atoms with Gasteiger partial charge in [-0.15, -0.1) is 0 Å². The van der Waals surface area contributed by atoms with Crippen LogP contribution in [-0.4, -0.2) is 0 Å². The van der Waals surface area contributed by atoms with Crippen molar-refractivity contribution in [3.8, 4) is 0 Å². The second-order valence-corrected chi connectivity index (χ2v) is 5.63. The lowest BCUT2D eigenvalue weighted by Gasteiger charge is -2.15. The van der Waals surface area contributed by atoms with Gasteiger partial charge in [-0.2, -0.15) is 13.2 Å². The summed E-state index contributed by atoms with van der Waals surface area (Å²) in [5.74, 6) is -0.501. The van der Waals surface area contributed by atoms with Crippen LogP contribution in [0.2, 0.25) is 5.02 Å². The van der Waals surface area contributed by atoms with Crippen LogP contribution in [-0.2, 0) is 12.7 Å². The van der Waals surface area contributed by atoms with Crippen LogP contribution in [0.5, 0.6) is 0 Å². The minimum absolute atomic E-state index is 0.0114. The second kappa shape index (κ2) is 6.23. The molecule has 0 amide bonds. The molecule has 0 unspecified atom stereocenters. The average Bonchev–Trinajstić information content (AvgIpc) is 2.38. The van der Waals surface area contributed by atoms with Crippen LogP contribution in [0.3, 0.4) is 0 Å². The number of hydrogen-bond donors (Lipinski definition) is 1. The van der Waals surface area contributed by atoms with Crippen LogP contribution in [0.4, 0.5) is 23.2 Å². The van der Waals surface area contributed by atoms with Crippen molar-refractivity contribution >= 4 is 33.2 Å². The SMILES string of the molecule is Fc1cc(Br)ccc1CNc1ccc(Cl)cc1C(F)(F)F. The highest BCUT2D eigenvalue weighted by Gasteiger charge is 2.33. The molecule has 2 aromatic carbocycles. The van der Waals surface area contributed by atoms with E-state index >= 15 is 0 Å². The van der Waals surface area contributed by atoms with Gasteiger partial charge in [0.15, 0.2) is 0 Å². The van der Waals surface area contributed by atoms with Crippen LogP contribution in [0.25, 0.3) is 0 Å². The molecule has 0 atom stereocenters. The molecule has 0 radical (unpaired) electrons. The first-order chi connectivity index (χ1) is 9.77. The fourth-order valence-electron chi connectivity index (χ4n) is 1.76. The molecule has 0 aliphatic rings. The molecular weight excluding hydrogens is 374 g/mol. The number of rotatable bonds is 3. The lowest BCUT2D eigenvalue weighted by Crippen LogP contribution is -2.11. The van der Waals surface area contributed by atoms with Crippen molar-refractivity contribution in [2.45, 2.75) is 12.7 Å². The zero-order valence-corrected chi connectivity index (χ0v) is 12.8. The lowest BCUT2D eigenvalue weighted by atomic mass is 10.1. The molecule has 0 heterocycles. The number of alkyl halides is 3. The molecule has 0 saturated heterocycles.